The molecule has 0 fully saturated rings. The van der Waals surface area contributed by atoms with E-state index >= 15 is 0 Å². The maximum absolute atomic E-state index is 3.18. The molecule has 0 aliphatic heterocycles. The van der Waals surface area contributed by atoms with Crippen molar-refractivity contribution in [1.29, 1.82) is 0 Å². The molecule has 0 aliphatic rings. The number of fused-ring (bicyclic) bond motifs is 1. The lowest BCUT2D eigenvalue weighted by Gasteiger charge is -2.01. The predicted octanol–water partition coefficient (Wildman–Crippen LogP) is 1.88. The number of nitrogens with one attached hydrogen (secondary N) is 1. The van der Waals surface area contributed by atoms with E-state index in [9.17, 15) is 0 Å². The molecular weight excluding hydrogens is 148 g/mol. The molecule has 0 atom stereocenters. The summed E-state index contributed by atoms with van der Waals surface area (Å²) < 4.78 is 2.19. The Bertz CT molecular complexity index is 387. The van der Waals surface area contributed by atoms with Crippen molar-refractivity contribution < 1.29 is 4.40 Å². The van der Waals surface area contributed by atoms with E-state index in [1.54, 1.807) is 0 Å². The fourth-order valence-corrected chi connectivity index (χ4v) is 1.49. The van der Waals surface area contributed by atoms with Gasteiger partial charge in [-0.2, -0.15) is 4.40 Å². The number of hydrogen-bond acceptors (Lipinski definition) is 0. The van der Waals surface area contributed by atoms with Gasteiger partial charge in [-0.15, -0.1) is 0 Å². The van der Waals surface area contributed by atoms with Gasteiger partial charge in [0, 0.05) is 12.0 Å². The summed E-state index contributed by atoms with van der Waals surface area (Å²) in [4.78, 5) is 3.18. The molecule has 2 aromatic heterocycles. The van der Waals surface area contributed by atoms with Crippen LogP contribution in [0.25, 0.3) is 5.65 Å². The van der Waals surface area contributed by atoms with Crippen LogP contribution in [0, 0.1) is 0 Å². The summed E-state index contributed by atoms with van der Waals surface area (Å²) >= 11 is 0. The highest BCUT2D eigenvalue weighted by atomic mass is 15.0. The fraction of sp³-hybridized carbons (Fsp3) is 0.300. The number of rotatable bonds is 1. The van der Waals surface area contributed by atoms with Crippen LogP contribution in [0.2, 0.25) is 0 Å². The number of H-pyrrole nitrogens is 1. The van der Waals surface area contributed by atoms with E-state index in [1.807, 2.05) is 6.20 Å². The SMILES string of the molecule is CC(C)c1cccc2[nH]cc[n+]12. The second-order valence-electron chi connectivity index (χ2n) is 3.32. The first-order valence-electron chi connectivity index (χ1n) is 4.26. The van der Waals surface area contributed by atoms with E-state index in [2.05, 4.69) is 47.6 Å². The van der Waals surface area contributed by atoms with Gasteiger partial charge in [0.2, 0.25) is 0 Å². The number of hydrogen-bond donors (Lipinski definition) is 1. The molecule has 2 heterocycles. The van der Waals surface area contributed by atoms with E-state index in [0.717, 1.165) is 5.65 Å². The molecule has 2 nitrogen and oxygen atoms in total. The average Bonchev–Trinajstić information content (AvgIpc) is 2.49. The van der Waals surface area contributed by atoms with Gasteiger partial charge in [-0.05, 0) is 6.07 Å². The smallest absolute Gasteiger partial charge is 0.243 e. The molecule has 0 saturated carbocycles. The van der Waals surface area contributed by atoms with Crippen molar-refractivity contribution in [2.45, 2.75) is 19.8 Å². The zero-order valence-electron chi connectivity index (χ0n) is 7.41. The minimum atomic E-state index is 0.564. The lowest BCUT2D eigenvalue weighted by atomic mass is 10.1. The first-order chi connectivity index (χ1) is 5.79. The zero-order valence-corrected chi connectivity index (χ0v) is 7.41. The molecular formula is C10H13N2+. The van der Waals surface area contributed by atoms with Gasteiger partial charge in [0.25, 0.3) is 5.65 Å². The van der Waals surface area contributed by atoms with Gasteiger partial charge in [-0.25, -0.2) is 4.98 Å². The molecule has 2 heteroatoms. The van der Waals surface area contributed by atoms with E-state index in [1.165, 1.54) is 5.69 Å². The molecule has 62 valence electrons. The summed E-state index contributed by atoms with van der Waals surface area (Å²) in [5.41, 5.74) is 2.50. The summed E-state index contributed by atoms with van der Waals surface area (Å²) in [6, 6.07) is 6.32. The van der Waals surface area contributed by atoms with Crippen molar-refractivity contribution >= 4 is 5.65 Å². The highest BCUT2D eigenvalue weighted by molar-refractivity contribution is 5.29. The lowest BCUT2D eigenvalue weighted by Crippen LogP contribution is -2.25. The Kier molecular flexibility index (Phi) is 1.61. The van der Waals surface area contributed by atoms with Gasteiger partial charge in [-0.3, -0.25) is 0 Å². The minimum Gasteiger partial charge on any atom is -0.243 e. The topological polar surface area (TPSA) is 19.9 Å². The number of nitrogens with zero attached hydrogens (tertiary/aromatic N) is 1. The number of imidazole rings is 1. The summed E-state index contributed by atoms with van der Waals surface area (Å²) in [6.07, 6.45) is 4.02. The second-order valence-corrected chi connectivity index (χ2v) is 3.32. The van der Waals surface area contributed by atoms with Crippen LogP contribution >= 0.6 is 0 Å². The van der Waals surface area contributed by atoms with E-state index in [0.29, 0.717) is 5.92 Å². The molecule has 0 spiro atoms. The Labute approximate surface area is 71.9 Å². The molecule has 0 aliphatic carbocycles. The Morgan fingerprint density at radius 2 is 2.17 bits per heavy atom. The standard InChI is InChI=1S/C10H12N2/c1-8(2)9-4-3-5-10-11-6-7-12(9)10/h3-8H,1-2H3/p+1. The molecule has 0 amide bonds. The van der Waals surface area contributed by atoms with Gasteiger partial charge in [-0.1, -0.05) is 19.9 Å². The number of pyridine rings is 1. The van der Waals surface area contributed by atoms with Gasteiger partial charge in [0.15, 0.2) is 0 Å². The average molecular weight is 161 g/mol. The van der Waals surface area contributed by atoms with Crippen LogP contribution in [0.5, 0.6) is 0 Å². The van der Waals surface area contributed by atoms with Crippen molar-refractivity contribution in [2.24, 2.45) is 0 Å². The Balaban J connectivity index is 2.73. The fourth-order valence-electron chi connectivity index (χ4n) is 1.49. The lowest BCUT2D eigenvalue weighted by molar-refractivity contribution is -0.521. The van der Waals surface area contributed by atoms with Crippen molar-refractivity contribution in [1.82, 2.24) is 4.98 Å². The normalized spacial score (nSPS) is 11.2. The van der Waals surface area contributed by atoms with E-state index in [4.69, 9.17) is 0 Å². The number of aromatic amines is 1. The van der Waals surface area contributed by atoms with Gasteiger partial charge in [0.05, 0.1) is 0 Å². The zero-order chi connectivity index (χ0) is 8.55. The van der Waals surface area contributed by atoms with Crippen molar-refractivity contribution in [2.75, 3.05) is 0 Å². The van der Waals surface area contributed by atoms with E-state index < -0.39 is 0 Å². The Morgan fingerprint density at radius 3 is 2.92 bits per heavy atom. The molecule has 12 heavy (non-hydrogen) atoms. The third kappa shape index (κ3) is 0.998. The third-order valence-corrected chi connectivity index (χ3v) is 2.11. The van der Waals surface area contributed by atoms with Crippen LogP contribution in [0.15, 0.2) is 30.6 Å². The summed E-state index contributed by atoms with van der Waals surface area (Å²) in [5.74, 6) is 0.564. The van der Waals surface area contributed by atoms with Crippen LogP contribution in [0.3, 0.4) is 0 Å². The largest absolute Gasteiger partial charge is 0.284 e. The first kappa shape index (κ1) is 7.35. The summed E-state index contributed by atoms with van der Waals surface area (Å²) in [6.45, 7) is 4.41. The molecule has 1 N–H and O–H groups in total. The monoisotopic (exact) mass is 161 g/mol. The second kappa shape index (κ2) is 2.63. The molecule has 0 radical (unpaired) electrons. The van der Waals surface area contributed by atoms with Gasteiger partial charge < -0.3 is 0 Å². The Hall–Kier alpha value is -1.31. The first-order valence-corrected chi connectivity index (χ1v) is 4.26. The van der Waals surface area contributed by atoms with Crippen LogP contribution in [0.1, 0.15) is 25.5 Å². The van der Waals surface area contributed by atoms with Crippen LogP contribution in [0.4, 0.5) is 0 Å². The molecule has 0 saturated heterocycles. The minimum absolute atomic E-state index is 0.564. The Morgan fingerprint density at radius 1 is 1.33 bits per heavy atom. The van der Waals surface area contributed by atoms with Crippen LogP contribution in [-0.2, 0) is 0 Å². The van der Waals surface area contributed by atoms with Gasteiger partial charge >= 0.3 is 0 Å². The summed E-state index contributed by atoms with van der Waals surface area (Å²) in [5, 5.41) is 0. The third-order valence-electron chi connectivity index (χ3n) is 2.11. The molecule has 0 aromatic carbocycles. The van der Waals surface area contributed by atoms with Crippen molar-refractivity contribution in [3.05, 3.63) is 36.3 Å². The summed E-state index contributed by atoms with van der Waals surface area (Å²) in [7, 11) is 0. The molecule has 2 rings (SSSR count). The van der Waals surface area contributed by atoms with Crippen molar-refractivity contribution in [3.8, 4) is 0 Å². The maximum Gasteiger partial charge on any atom is 0.284 e. The molecule has 0 bridgehead atoms. The number of aromatic nitrogens is 2. The maximum atomic E-state index is 3.18. The molecule has 0 unspecified atom stereocenters. The molecule has 2 aromatic rings. The van der Waals surface area contributed by atoms with Gasteiger partial charge in [0.1, 0.15) is 18.1 Å². The van der Waals surface area contributed by atoms with E-state index in [-0.39, 0.29) is 0 Å². The highest BCUT2D eigenvalue weighted by Crippen LogP contribution is 2.09. The van der Waals surface area contributed by atoms with Crippen LogP contribution in [-0.4, -0.2) is 4.98 Å². The highest BCUT2D eigenvalue weighted by Gasteiger charge is 2.09. The van der Waals surface area contributed by atoms with Crippen LogP contribution < -0.4 is 4.40 Å². The predicted molar refractivity (Wildman–Crippen MR) is 48.0 cm³/mol. The quantitative estimate of drug-likeness (QED) is 0.616. The van der Waals surface area contributed by atoms with Crippen molar-refractivity contribution in [3.63, 3.8) is 0 Å².